The van der Waals surface area contributed by atoms with Crippen LogP contribution in [0.2, 0.25) is 0 Å². The van der Waals surface area contributed by atoms with Gasteiger partial charge in [-0.05, 0) is 51.0 Å². The minimum atomic E-state index is -0.291. The Kier molecular flexibility index (Phi) is 20.0. The molecule has 2 rings (SSSR count). The van der Waals surface area contributed by atoms with E-state index in [-0.39, 0.29) is 54.0 Å². The number of carbonyl (C=O) groups is 2. The maximum absolute atomic E-state index is 13.4. The summed E-state index contributed by atoms with van der Waals surface area (Å²) >= 11 is 0. The van der Waals surface area contributed by atoms with Crippen molar-refractivity contribution >= 4 is 11.8 Å². The van der Waals surface area contributed by atoms with Crippen LogP contribution >= 0.6 is 0 Å². The highest BCUT2D eigenvalue weighted by Crippen LogP contribution is 2.32. The summed E-state index contributed by atoms with van der Waals surface area (Å²) in [6, 6.07) is -0.213. The predicted molar refractivity (Wildman–Crippen MR) is 203 cm³/mol. The fraction of sp³-hybridized carbons (Fsp3) is 0.744. The highest BCUT2D eigenvalue weighted by atomic mass is 16.6. The summed E-state index contributed by atoms with van der Waals surface area (Å²) in [7, 11) is 9.17. The Morgan fingerprint density at radius 2 is 1.82 bits per heavy atom. The maximum Gasteiger partial charge on any atom is 0.237 e. The number of allylic oxidation sites excluding steroid dienone is 3. The average Bonchev–Trinajstić information content (AvgIpc) is 3.59. The molecule has 1 saturated heterocycles. The second-order valence-corrected chi connectivity index (χ2v) is 14.3. The van der Waals surface area contributed by atoms with E-state index in [1.165, 1.54) is 5.57 Å². The molecule has 11 nitrogen and oxygen atoms in total. The maximum atomic E-state index is 13.4. The van der Waals surface area contributed by atoms with Crippen LogP contribution in [0.3, 0.4) is 0 Å². The molecule has 286 valence electrons. The fourth-order valence-electron chi connectivity index (χ4n) is 7.41. The van der Waals surface area contributed by atoms with Gasteiger partial charge in [0, 0.05) is 65.8 Å². The van der Waals surface area contributed by atoms with Crippen LogP contribution in [0.1, 0.15) is 79.1 Å². The van der Waals surface area contributed by atoms with Crippen molar-refractivity contribution in [2.24, 2.45) is 11.8 Å². The van der Waals surface area contributed by atoms with Crippen LogP contribution in [0.4, 0.5) is 0 Å². The first-order valence-electron chi connectivity index (χ1n) is 18.7. The van der Waals surface area contributed by atoms with Crippen LogP contribution in [0.15, 0.2) is 48.4 Å². The van der Waals surface area contributed by atoms with E-state index >= 15 is 0 Å². The third kappa shape index (κ3) is 13.5. The van der Waals surface area contributed by atoms with Gasteiger partial charge >= 0.3 is 0 Å². The van der Waals surface area contributed by atoms with Gasteiger partial charge in [0.05, 0.1) is 49.9 Å². The number of hydrogen-bond acceptors (Lipinski definition) is 9. The standard InChI is InChI=1S/C39H70N6O5/c1-12-29(4)38(44(9)31(6)27-42-39(47)37(28(2)3)43(8)23-24-50-40-7)35(49-11)25-30(5)45-22-16-19-33(45)34(48-10)26-36(46)41-21-20-32-17-14-13-15-18-32/h14,17-18,28-29,33-35,37-38,40H,5-6,12-13,15-16,19-27H2,1-4,7-11H3,(H,41,46)(H,42,47). The monoisotopic (exact) mass is 703 g/mol. The normalized spacial score (nSPS) is 19.1. The first kappa shape index (κ1) is 43.5. The first-order valence-corrected chi connectivity index (χ1v) is 18.7. The predicted octanol–water partition coefficient (Wildman–Crippen LogP) is 4.64. The summed E-state index contributed by atoms with van der Waals surface area (Å²) in [5.74, 6) is 0.401. The lowest BCUT2D eigenvalue weighted by Gasteiger charge is -2.42. The van der Waals surface area contributed by atoms with Crippen LogP contribution < -0.4 is 16.1 Å². The topological polar surface area (TPSA) is 108 Å². The van der Waals surface area contributed by atoms with Crippen LogP contribution in [0.25, 0.3) is 0 Å². The summed E-state index contributed by atoms with van der Waals surface area (Å²) in [6.45, 7) is 20.4. The van der Waals surface area contributed by atoms with Crippen molar-refractivity contribution in [3.05, 3.63) is 48.4 Å². The number of hydrogen-bond donors (Lipinski definition) is 3. The molecule has 50 heavy (non-hydrogen) atoms. The summed E-state index contributed by atoms with van der Waals surface area (Å²) < 4.78 is 12.1. The van der Waals surface area contributed by atoms with Crippen LogP contribution in [0, 0.1) is 11.8 Å². The minimum absolute atomic E-state index is 0.00703. The second-order valence-electron chi connectivity index (χ2n) is 14.3. The number of methoxy groups -OCH3 is 2. The van der Waals surface area contributed by atoms with Crippen molar-refractivity contribution in [1.82, 2.24) is 30.8 Å². The van der Waals surface area contributed by atoms with Gasteiger partial charge in [0.2, 0.25) is 11.8 Å². The van der Waals surface area contributed by atoms with Gasteiger partial charge < -0.3 is 34.7 Å². The number of ether oxygens (including phenoxy) is 2. The highest BCUT2D eigenvalue weighted by Gasteiger charge is 2.37. The van der Waals surface area contributed by atoms with E-state index in [9.17, 15) is 9.59 Å². The number of nitrogens with one attached hydrogen (secondary N) is 3. The summed E-state index contributed by atoms with van der Waals surface area (Å²) in [5.41, 5.74) is 5.78. The molecular formula is C39H70N6O5. The van der Waals surface area contributed by atoms with Gasteiger partial charge in [-0.2, -0.15) is 0 Å². The molecule has 1 fully saturated rings. The molecule has 0 aromatic carbocycles. The zero-order valence-corrected chi connectivity index (χ0v) is 32.8. The molecule has 11 heteroatoms. The lowest BCUT2D eigenvalue weighted by atomic mass is 9.90. The zero-order chi connectivity index (χ0) is 37.2. The van der Waals surface area contributed by atoms with Crippen molar-refractivity contribution in [2.45, 2.75) is 109 Å². The third-order valence-electron chi connectivity index (χ3n) is 10.5. The van der Waals surface area contributed by atoms with Crippen LogP contribution in [0.5, 0.6) is 0 Å². The number of likely N-dealkylation sites (tertiary alicyclic amines) is 1. The van der Waals surface area contributed by atoms with E-state index in [0.29, 0.717) is 39.1 Å². The highest BCUT2D eigenvalue weighted by molar-refractivity contribution is 5.82. The number of carbonyl (C=O) groups excluding carboxylic acids is 2. The molecule has 1 heterocycles. The molecule has 1 aliphatic carbocycles. The van der Waals surface area contributed by atoms with Gasteiger partial charge in [0.25, 0.3) is 0 Å². The van der Waals surface area contributed by atoms with Crippen LogP contribution in [-0.2, 0) is 23.9 Å². The van der Waals surface area contributed by atoms with Gasteiger partial charge in [0.1, 0.15) is 0 Å². The van der Waals surface area contributed by atoms with E-state index < -0.39 is 0 Å². The molecule has 0 radical (unpaired) electrons. The quantitative estimate of drug-likeness (QED) is 0.0927. The Labute approximate surface area is 303 Å². The van der Waals surface area contributed by atoms with Gasteiger partial charge in [-0.3, -0.25) is 14.5 Å². The Bertz CT molecular complexity index is 1130. The van der Waals surface area contributed by atoms with Crippen LogP contribution in [-0.4, -0.2) is 125 Å². The van der Waals surface area contributed by atoms with Crippen molar-refractivity contribution in [3.63, 3.8) is 0 Å². The second kappa shape index (κ2) is 23.0. The largest absolute Gasteiger partial charge is 0.379 e. The van der Waals surface area contributed by atoms with Crippen molar-refractivity contribution in [1.29, 1.82) is 0 Å². The zero-order valence-electron chi connectivity index (χ0n) is 32.8. The van der Waals surface area contributed by atoms with Crippen molar-refractivity contribution < 1.29 is 23.9 Å². The average molecular weight is 703 g/mol. The molecule has 6 unspecified atom stereocenters. The molecule has 0 saturated carbocycles. The lowest BCUT2D eigenvalue weighted by Crippen LogP contribution is -2.51. The Balaban J connectivity index is 2.04. The van der Waals surface area contributed by atoms with E-state index in [2.05, 4.69) is 85.0 Å². The van der Waals surface area contributed by atoms with Crippen molar-refractivity contribution in [2.75, 3.05) is 68.1 Å². The summed E-state index contributed by atoms with van der Waals surface area (Å²) in [4.78, 5) is 38.1. The fourth-order valence-corrected chi connectivity index (χ4v) is 7.41. The number of hydroxylamine groups is 1. The van der Waals surface area contributed by atoms with E-state index in [1.807, 2.05) is 19.0 Å². The lowest BCUT2D eigenvalue weighted by molar-refractivity contribution is -0.128. The number of amides is 2. The molecule has 0 aromatic rings. The van der Waals surface area contributed by atoms with E-state index in [1.54, 1.807) is 21.3 Å². The molecular weight excluding hydrogens is 632 g/mol. The van der Waals surface area contributed by atoms with Gasteiger partial charge in [-0.25, -0.2) is 5.48 Å². The Morgan fingerprint density at radius 1 is 1.08 bits per heavy atom. The summed E-state index contributed by atoms with van der Waals surface area (Å²) in [5, 5.41) is 6.24. The number of rotatable bonds is 25. The molecule has 0 bridgehead atoms. The minimum Gasteiger partial charge on any atom is -0.379 e. The number of nitrogens with zero attached hydrogens (tertiary/aromatic N) is 3. The molecule has 6 atom stereocenters. The van der Waals surface area contributed by atoms with Gasteiger partial charge in [-0.15, -0.1) is 0 Å². The summed E-state index contributed by atoms with van der Waals surface area (Å²) in [6.07, 6.45) is 13.1. The van der Waals surface area contributed by atoms with Crippen molar-refractivity contribution in [3.8, 4) is 0 Å². The SMILES string of the molecule is C=C(CNC(=O)C(C(C)C)N(C)CCONC)N(C)C(C(C)CC)C(CC(=C)N1CCCC1C(CC(=O)NCCC1=CCCC=C1)OC)OC. The first-order chi connectivity index (χ1) is 23.9. The number of likely N-dealkylation sites (N-methyl/N-ethyl adjacent to an activating group) is 2. The molecule has 0 spiro atoms. The molecule has 3 N–H and O–H groups in total. The molecule has 0 aromatic heterocycles. The van der Waals surface area contributed by atoms with E-state index in [0.717, 1.165) is 56.5 Å². The van der Waals surface area contributed by atoms with Gasteiger partial charge in [-0.1, -0.05) is 71.1 Å². The Hall–Kier alpha value is -2.70. The molecule has 1 aliphatic heterocycles. The smallest absolute Gasteiger partial charge is 0.237 e. The van der Waals surface area contributed by atoms with E-state index in [4.69, 9.17) is 14.3 Å². The third-order valence-corrected chi connectivity index (χ3v) is 10.5. The molecule has 2 aliphatic rings. The molecule has 2 amide bonds. The Morgan fingerprint density at radius 3 is 2.42 bits per heavy atom. The van der Waals surface area contributed by atoms with Gasteiger partial charge in [0.15, 0.2) is 0 Å².